The van der Waals surface area contributed by atoms with Gasteiger partial charge in [-0.2, -0.15) is 0 Å². The Morgan fingerprint density at radius 1 is 1.11 bits per heavy atom. The number of nitrogens with zero attached hydrogens (tertiary/aromatic N) is 5. The number of aliphatic hydroxyl groups is 1. The van der Waals surface area contributed by atoms with Crippen LogP contribution < -0.4 is 20.7 Å². The minimum atomic E-state index is -0.706. The van der Waals surface area contributed by atoms with Crippen LogP contribution in [0.25, 0.3) is 11.5 Å². The largest absolute Gasteiger partial charge is 0.424 e. The van der Waals surface area contributed by atoms with Crippen molar-refractivity contribution in [1.29, 1.82) is 0 Å². The quantitative estimate of drug-likeness (QED) is 0.128. The van der Waals surface area contributed by atoms with Gasteiger partial charge in [0.05, 0.1) is 12.2 Å². The number of hydrogen-bond donors (Lipinski definition) is 3. The number of aryl methyl sites for hydroxylation is 1. The van der Waals surface area contributed by atoms with Crippen molar-refractivity contribution in [2.45, 2.75) is 78.4 Å². The molecule has 3 heterocycles. The molecule has 2 aromatic heterocycles. The molecule has 4 aromatic rings. The standard InChI is InChI=1S/C41H50FN7O5/c1-4-31-28(21-26(2)22-35(31)43)24-36-27(3)13-16-37(45-36)53-41(52)49(20-10-19-48-17-8-5-9-18-48)40-47-46-39(54-40)32-15-14-30(23-29(32)25-50)44-38(51)33-11-6-7-12-34(33)42/h4,6-7,11-16,23,26,28,35,50H,5,8-10,17-22,24-25,43H2,1-3H3,(H,44,51)/t26-,28-,35?/m1/s1. The van der Waals surface area contributed by atoms with E-state index in [1.165, 1.54) is 35.1 Å². The van der Waals surface area contributed by atoms with Crippen LogP contribution in [0.2, 0.25) is 0 Å². The molecule has 1 aliphatic carbocycles. The van der Waals surface area contributed by atoms with Gasteiger partial charge in [0.1, 0.15) is 5.82 Å². The highest BCUT2D eigenvalue weighted by atomic mass is 19.1. The molecule has 54 heavy (non-hydrogen) atoms. The number of likely N-dealkylation sites (tertiary alicyclic amines) is 1. The molecule has 1 saturated heterocycles. The number of anilines is 2. The van der Waals surface area contributed by atoms with Crippen molar-refractivity contribution in [3.63, 3.8) is 0 Å². The summed E-state index contributed by atoms with van der Waals surface area (Å²) in [6.07, 6.45) is 8.28. The average molecular weight is 740 g/mol. The van der Waals surface area contributed by atoms with Gasteiger partial charge in [0.2, 0.25) is 11.8 Å². The molecule has 1 aliphatic heterocycles. The van der Waals surface area contributed by atoms with Crippen LogP contribution in [0.3, 0.4) is 0 Å². The Balaban J connectivity index is 1.21. The maximum atomic E-state index is 14.2. The summed E-state index contributed by atoms with van der Waals surface area (Å²) in [5.41, 5.74) is 10.6. The monoisotopic (exact) mass is 739 g/mol. The Bertz CT molecular complexity index is 1960. The molecule has 3 atom stereocenters. The molecular weight excluding hydrogens is 689 g/mol. The first-order valence-corrected chi connectivity index (χ1v) is 18.9. The molecule has 1 unspecified atom stereocenters. The maximum absolute atomic E-state index is 14.2. The summed E-state index contributed by atoms with van der Waals surface area (Å²) >= 11 is 0. The molecule has 2 aromatic carbocycles. The summed E-state index contributed by atoms with van der Waals surface area (Å²) in [5.74, 6) is -0.278. The fraction of sp³-hybridized carbons (Fsp3) is 0.439. The smallest absolute Gasteiger partial charge is 0.403 e. The van der Waals surface area contributed by atoms with Crippen molar-refractivity contribution in [2.75, 3.05) is 36.4 Å². The van der Waals surface area contributed by atoms with E-state index in [2.05, 4.69) is 33.4 Å². The number of allylic oxidation sites excluding steroid dienone is 1. The molecule has 0 spiro atoms. The lowest BCUT2D eigenvalue weighted by Gasteiger charge is -2.34. The highest BCUT2D eigenvalue weighted by Gasteiger charge is 2.30. The lowest BCUT2D eigenvalue weighted by Crippen LogP contribution is -2.38. The minimum absolute atomic E-state index is 0.0284. The average Bonchev–Trinajstić information content (AvgIpc) is 3.64. The van der Waals surface area contributed by atoms with Gasteiger partial charge in [0.15, 0.2) is 0 Å². The first kappa shape index (κ1) is 38.7. The number of aromatic nitrogens is 3. The number of ether oxygens (including phenoxy) is 1. The molecule has 0 bridgehead atoms. The second-order valence-corrected chi connectivity index (χ2v) is 14.4. The Morgan fingerprint density at radius 3 is 2.67 bits per heavy atom. The number of amides is 2. The summed E-state index contributed by atoms with van der Waals surface area (Å²) < 4.78 is 26.2. The van der Waals surface area contributed by atoms with Crippen LogP contribution in [-0.2, 0) is 13.0 Å². The van der Waals surface area contributed by atoms with Gasteiger partial charge in [-0.15, -0.1) is 5.10 Å². The summed E-state index contributed by atoms with van der Waals surface area (Å²) in [5, 5.41) is 21.3. The first-order chi connectivity index (χ1) is 26.1. The van der Waals surface area contributed by atoms with E-state index in [-0.39, 0.29) is 41.9 Å². The third-order valence-corrected chi connectivity index (χ3v) is 10.4. The predicted octanol–water partition coefficient (Wildman–Crippen LogP) is 7.07. The molecule has 12 nitrogen and oxygen atoms in total. The van der Waals surface area contributed by atoms with Gasteiger partial charge >= 0.3 is 12.1 Å². The van der Waals surface area contributed by atoms with Gasteiger partial charge in [-0.25, -0.2) is 19.1 Å². The van der Waals surface area contributed by atoms with Crippen molar-refractivity contribution in [2.24, 2.45) is 17.6 Å². The molecule has 286 valence electrons. The number of carbonyl (C=O) groups excluding carboxylic acids is 2. The van der Waals surface area contributed by atoms with Gasteiger partial charge in [-0.05, 0) is 125 Å². The van der Waals surface area contributed by atoms with E-state index >= 15 is 0 Å². The molecule has 2 amide bonds. The molecular formula is C41H50FN7O5. The topological polar surface area (TPSA) is 160 Å². The Hall–Kier alpha value is -4.98. The Morgan fingerprint density at radius 2 is 1.91 bits per heavy atom. The van der Waals surface area contributed by atoms with Gasteiger partial charge in [0.25, 0.3) is 5.91 Å². The van der Waals surface area contributed by atoms with Gasteiger partial charge in [0, 0.05) is 35.6 Å². The van der Waals surface area contributed by atoms with Gasteiger partial charge in [-0.3, -0.25) is 4.79 Å². The molecule has 13 heteroatoms. The number of halogens is 1. The van der Waals surface area contributed by atoms with Crippen LogP contribution in [0.5, 0.6) is 5.88 Å². The van der Waals surface area contributed by atoms with Crippen LogP contribution in [0.4, 0.5) is 20.9 Å². The van der Waals surface area contributed by atoms with Crippen molar-refractivity contribution < 1.29 is 28.2 Å². The molecule has 1 saturated carbocycles. The van der Waals surface area contributed by atoms with E-state index in [1.54, 1.807) is 30.3 Å². The van der Waals surface area contributed by atoms with E-state index in [9.17, 15) is 19.1 Å². The molecule has 2 aliphatic rings. The number of hydrogen-bond acceptors (Lipinski definition) is 10. The number of aliphatic hydroxyl groups excluding tert-OH is 1. The third-order valence-electron chi connectivity index (χ3n) is 10.4. The number of piperidine rings is 1. The van der Waals surface area contributed by atoms with E-state index in [1.807, 2.05) is 19.9 Å². The lowest BCUT2D eigenvalue weighted by molar-refractivity contribution is 0.102. The highest BCUT2D eigenvalue weighted by Crippen LogP contribution is 2.35. The summed E-state index contributed by atoms with van der Waals surface area (Å²) in [7, 11) is 0. The molecule has 4 N–H and O–H groups in total. The number of pyridine rings is 1. The zero-order chi connectivity index (χ0) is 38.2. The SMILES string of the molecule is CC=C1C(N)C[C@H](C)C[C@@H]1Cc1nc(OC(=O)N(CCCN2CCCCC2)c2nnc(-c3ccc(NC(=O)c4ccccc4F)cc3CO)o2)ccc1C. The van der Waals surface area contributed by atoms with E-state index in [0.717, 1.165) is 56.6 Å². The third kappa shape index (κ3) is 9.38. The van der Waals surface area contributed by atoms with Crippen LogP contribution >= 0.6 is 0 Å². The normalized spacial score (nSPS) is 19.8. The zero-order valence-electron chi connectivity index (χ0n) is 31.3. The van der Waals surface area contributed by atoms with Crippen molar-refractivity contribution in [3.05, 3.63) is 94.4 Å². The van der Waals surface area contributed by atoms with E-state index in [0.29, 0.717) is 35.6 Å². The van der Waals surface area contributed by atoms with E-state index in [4.69, 9.17) is 19.9 Å². The predicted molar refractivity (Wildman–Crippen MR) is 205 cm³/mol. The zero-order valence-corrected chi connectivity index (χ0v) is 31.3. The number of carbonyl (C=O) groups is 2. The summed E-state index contributed by atoms with van der Waals surface area (Å²) in [6.45, 7) is 8.95. The first-order valence-electron chi connectivity index (χ1n) is 18.9. The summed E-state index contributed by atoms with van der Waals surface area (Å²) in [4.78, 5) is 35.1. The second kappa shape index (κ2) is 17.9. The molecule has 0 radical (unpaired) electrons. The Labute approximate surface area is 315 Å². The van der Waals surface area contributed by atoms with Crippen molar-refractivity contribution in [3.8, 4) is 17.3 Å². The molecule has 2 fully saturated rings. The minimum Gasteiger partial charge on any atom is -0.403 e. The van der Waals surface area contributed by atoms with Crippen LogP contribution in [0.15, 0.2) is 70.7 Å². The second-order valence-electron chi connectivity index (χ2n) is 14.4. The molecule has 6 rings (SSSR count). The van der Waals surface area contributed by atoms with Gasteiger partial charge < -0.3 is 30.2 Å². The number of rotatable bonds is 12. The Kier molecular flexibility index (Phi) is 12.8. The lowest BCUT2D eigenvalue weighted by atomic mass is 9.73. The van der Waals surface area contributed by atoms with E-state index < -0.39 is 24.4 Å². The van der Waals surface area contributed by atoms with Crippen molar-refractivity contribution >= 4 is 23.7 Å². The summed E-state index contributed by atoms with van der Waals surface area (Å²) in [6, 6.07) is 14.0. The number of benzene rings is 2. The van der Waals surface area contributed by atoms with Crippen LogP contribution in [0, 0.1) is 24.6 Å². The van der Waals surface area contributed by atoms with Crippen LogP contribution in [0.1, 0.15) is 79.6 Å². The fourth-order valence-electron chi connectivity index (χ4n) is 7.62. The maximum Gasteiger partial charge on any atom is 0.424 e. The highest BCUT2D eigenvalue weighted by molar-refractivity contribution is 6.04. The van der Waals surface area contributed by atoms with Crippen LogP contribution in [-0.4, -0.2) is 69.4 Å². The van der Waals surface area contributed by atoms with Crippen molar-refractivity contribution in [1.82, 2.24) is 20.1 Å². The number of nitrogens with one attached hydrogen (secondary N) is 1. The van der Waals surface area contributed by atoms with Gasteiger partial charge in [-0.1, -0.05) is 48.3 Å². The number of nitrogens with two attached hydrogens (primary N) is 1. The fourth-order valence-corrected chi connectivity index (χ4v) is 7.62.